The van der Waals surface area contributed by atoms with Gasteiger partial charge in [-0.1, -0.05) is 43.3 Å². The molecule has 2 aliphatic heterocycles. The summed E-state index contributed by atoms with van der Waals surface area (Å²) in [7, 11) is -3.69. The molecule has 0 N–H and O–H groups in total. The van der Waals surface area contributed by atoms with Gasteiger partial charge in [0.2, 0.25) is 10.0 Å². The van der Waals surface area contributed by atoms with Crippen molar-refractivity contribution in [1.29, 1.82) is 0 Å². The molecule has 0 bridgehead atoms. The molecule has 7 heteroatoms. The zero-order valence-electron chi connectivity index (χ0n) is 16.7. The van der Waals surface area contributed by atoms with Crippen molar-refractivity contribution in [2.75, 3.05) is 19.6 Å². The van der Waals surface area contributed by atoms with Crippen LogP contribution < -0.4 is 0 Å². The predicted molar refractivity (Wildman–Crippen MR) is 110 cm³/mol. The van der Waals surface area contributed by atoms with Gasteiger partial charge in [0.1, 0.15) is 6.61 Å². The van der Waals surface area contributed by atoms with E-state index in [4.69, 9.17) is 4.74 Å². The molecule has 154 valence electrons. The average molecular weight is 415 g/mol. The van der Waals surface area contributed by atoms with E-state index in [1.54, 1.807) is 16.4 Å². The number of likely N-dealkylation sites (N-methyl/N-ethyl adjacent to an activating group) is 1. The number of likely N-dealkylation sites (tertiary alicyclic amines) is 1. The fraction of sp³-hybridized carbons (Fsp3) is 0.409. The molecule has 2 aliphatic rings. The number of carbonyl (C=O) groups is 1. The van der Waals surface area contributed by atoms with Crippen molar-refractivity contribution in [2.24, 2.45) is 0 Å². The van der Waals surface area contributed by atoms with E-state index in [0.717, 1.165) is 18.5 Å². The highest BCUT2D eigenvalue weighted by molar-refractivity contribution is 7.89. The average Bonchev–Trinajstić information content (AvgIpc) is 3.36. The Hall–Kier alpha value is -2.22. The van der Waals surface area contributed by atoms with Crippen molar-refractivity contribution in [3.05, 3.63) is 65.2 Å². The molecule has 0 aliphatic carbocycles. The Morgan fingerprint density at radius 2 is 1.97 bits per heavy atom. The van der Waals surface area contributed by atoms with E-state index in [0.29, 0.717) is 18.7 Å². The van der Waals surface area contributed by atoms with E-state index in [1.807, 2.05) is 25.1 Å². The molecule has 0 saturated carbocycles. The Morgan fingerprint density at radius 1 is 1.21 bits per heavy atom. The van der Waals surface area contributed by atoms with E-state index in [-0.39, 0.29) is 23.6 Å². The number of nitrogens with zero attached hydrogens (tertiary/aromatic N) is 2. The van der Waals surface area contributed by atoms with Gasteiger partial charge in [0.25, 0.3) is 0 Å². The van der Waals surface area contributed by atoms with Gasteiger partial charge in [-0.05, 0) is 31.0 Å². The van der Waals surface area contributed by atoms with E-state index >= 15 is 0 Å². The minimum Gasteiger partial charge on any atom is -0.457 e. The summed E-state index contributed by atoms with van der Waals surface area (Å²) >= 11 is 0. The molecule has 2 heterocycles. The molecule has 1 saturated heterocycles. The molecule has 29 heavy (non-hydrogen) atoms. The number of benzene rings is 2. The number of sulfonamides is 1. The molecule has 0 unspecified atom stereocenters. The normalized spacial score (nSPS) is 20.7. The second-order valence-electron chi connectivity index (χ2n) is 7.63. The number of cyclic esters (lactones) is 1. The number of hydrogen-bond donors (Lipinski definition) is 0. The van der Waals surface area contributed by atoms with Gasteiger partial charge in [0, 0.05) is 37.3 Å². The highest BCUT2D eigenvalue weighted by Crippen LogP contribution is 2.30. The lowest BCUT2D eigenvalue weighted by molar-refractivity contribution is 0.0535. The molecule has 0 amide bonds. The van der Waals surface area contributed by atoms with Crippen LogP contribution in [-0.4, -0.2) is 49.3 Å². The first-order chi connectivity index (χ1) is 13.9. The first-order valence-electron chi connectivity index (χ1n) is 10.0. The van der Waals surface area contributed by atoms with Crippen LogP contribution in [0.15, 0.2) is 53.4 Å². The Labute approximate surface area is 172 Å². The monoisotopic (exact) mass is 414 g/mol. The van der Waals surface area contributed by atoms with Gasteiger partial charge < -0.3 is 4.74 Å². The topological polar surface area (TPSA) is 66.9 Å². The first kappa shape index (κ1) is 20.1. The Balaban J connectivity index is 1.54. The van der Waals surface area contributed by atoms with Crippen LogP contribution in [0.5, 0.6) is 0 Å². The molecule has 4 rings (SSSR count). The van der Waals surface area contributed by atoms with E-state index in [1.165, 1.54) is 11.6 Å². The van der Waals surface area contributed by atoms with Crippen molar-refractivity contribution in [1.82, 2.24) is 9.21 Å². The smallest absolute Gasteiger partial charge is 0.338 e. The molecular weight excluding hydrogens is 388 g/mol. The van der Waals surface area contributed by atoms with Gasteiger partial charge >= 0.3 is 5.97 Å². The number of esters is 1. The highest BCUT2D eigenvalue weighted by atomic mass is 32.2. The van der Waals surface area contributed by atoms with Gasteiger partial charge in [0.15, 0.2) is 0 Å². The summed E-state index contributed by atoms with van der Waals surface area (Å²) in [6.07, 6.45) is 0.789. The minimum absolute atomic E-state index is 0.0867. The van der Waals surface area contributed by atoms with Crippen LogP contribution in [0.4, 0.5) is 0 Å². The maximum absolute atomic E-state index is 13.4. The van der Waals surface area contributed by atoms with Crippen molar-refractivity contribution >= 4 is 16.0 Å². The van der Waals surface area contributed by atoms with Gasteiger partial charge in [-0.15, -0.1) is 0 Å². The van der Waals surface area contributed by atoms with Crippen molar-refractivity contribution in [3.8, 4) is 0 Å². The van der Waals surface area contributed by atoms with Gasteiger partial charge in [0.05, 0.1) is 10.5 Å². The van der Waals surface area contributed by atoms with E-state index < -0.39 is 16.0 Å². The molecular formula is C22H26N2O4S. The Bertz CT molecular complexity index is 1010. The molecule has 2 aromatic rings. The number of carbonyl (C=O) groups excluding carboxylic acids is 1. The second-order valence-corrected chi connectivity index (χ2v) is 9.52. The number of ether oxygens (including phenoxy) is 1. The molecule has 2 atom stereocenters. The third-order valence-corrected chi connectivity index (χ3v) is 8.03. The quantitative estimate of drug-likeness (QED) is 0.679. The van der Waals surface area contributed by atoms with E-state index in [2.05, 4.69) is 24.0 Å². The second kappa shape index (κ2) is 7.89. The zero-order chi connectivity index (χ0) is 20.6. The number of fused-ring (bicyclic) bond motifs is 1. The van der Waals surface area contributed by atoms with Crippen LogP contribution in [0, 0.1) is 0 Å². The lowest BCUT2D eigenvalue weighted by Gasteiger charge is -2.29. The van der Waals surface area contributed by atoms with Crippen molar-refractivity contribution < 1.29 is 17.9 Å². The molecule has 6 nitrogen and oxygen atoms in total. The zero-order valence-corrected chi connectivity index (χ0v) is 17.6. The molecule has 2 aromatic carbocycles. The molecule has 0 radical (unpaired) electrons. The third kappa shape index (κ3) is 3.70. The molecule has 0 aromatic heterocycles. The van der Waals surface area contributed by atoms with Gasteiger partial charge in [-0.2, -0.15) is 4.31 Å². The summed E-state index contributed by atoms with van der Waals surface area (Å²) in [6.45, 7) is 6.17. The molecule has 1 fully saturated rings. The fourth-order valence-corrected chi connectivity index (χ4v) is 5.99. The summed E-state index contributed by atoms with van der Waals surface area (Å²) in [6, 6.07) is 15.1. The van der Waals surface area contributed by atoms with Crippen LogP contribution >= 0.6 is 0 Å². The lowest BCUT2D eigenvalue weighted by atomic mass is 10.1. The van der Waals surface area contributed by atoms with Crippen LogP contribution in [0.25, 0.3) is 0 Å². The summed E-state index contributed by atoms with van der Waals surface area (Å²) in [5, 5.41) is 0. The van der Waals surface area contributed by atoms with Crippen LogP contribution in [0.2, 0.25) is 0 Å². The van der Waals surface area contributed by atoms with Crippen molar-refractivity contribution in [2.45, 2.75) is 43.9 Å². The maximum atomic E-state index is 13.4. The van der Waals surface area contributed by atoms with Crippen molar-refractivity contribution in [3.63, 3.8) is 0 Å². The third-order valence-electron chi connectivity index (χ3n) is 6.01. The lowest BCUT2D eigenvalue weighted by Crippen LogP contribution is -2.42. The van der Waals surface area contributed by atoms with E-state index in [9.17, 15) is 13.2 Å². The van der Waals surface area contributed by atoms with Crippen LogP contribution in [0.3, 0.4) is 0 Å². The summed E-state index contributed by atoms with van der Waals surface area (Å²) in [5.41, 5.74) is 2.32. The number of hydrogen-bond acceptors (Lipinski definition) is 5. The van der Waals surface area contributed by atoms with Crippen LogP contribution in [-0.2, 0) is 21.4 Å². The SMILES string of the molecule is CCN([C@@H]1CCN([C@@H](C)c2ccccc2)C1)S(=O)(=O)c1ccc2c(c1)C(=O)OC2. The Kier molecular flexibility index (Phi) is 5.46. The Morgan fingerprint density at radius 3 is 2.69 bits per heavy atom. The number of rotatable bonds is 6. The maximum Gasteiger partial charge on any atom is 0.338 e. The summed E-state index contributed by atoms with van der Waals surface area (Å²) in [4.78, 5) is 14.3. The summed E-state index contributed by atoms with van der Waals surface area (Å²) in [5.74, 6) is -0.455. The predicted octanol–water partition coefficient (Wildman–Crippen LogP) is 3.20. The fourth-order valence-electron chi connectivity index (χ4n) is 4.31. The van der Waals surface area contributed by atoms with Gasteiger partial charge in [-0.3, -0.25) is 4.90 Å². The molecule has 0 spiro atoms. The summed E-state index contributed by atoms with van der Waals surface area (Å²) < 4.78 is 33.3. The highest BCUT2D eigenvalue weighted by Gasteiger charge is 2.37. The first-order valence-corrected chi connectivity index (χ1v) is 11.5. The largest absolute Gasteiger partial charge is 0.457 e. The minimum atomic E-state index is -3.69. The van der Waals surface area contributed by atoms with Crippen LogP contribution in [0.1, 0.15) is 47.8 Å². The van der Waals surface area contributed by atoms with Gasteiger partial charge in [-0.25, -0.2) is 13.2 Å². The standard InChI is InChI=1S/C22H26N2O4S/c1-3-24(19-11-12-23(14-19)16(2)17-7-5-4-6-8-17)29(26,27)20-10-9-18-15-28-22(25)21(18)13-20/h4-10,13,16,19H,3,11-12,14-15H2,1-2H3/t16-,19+/m0/s1.